The van der Waals surface area contributed by atoms with E-state index < -0.39 is 33.4 Å². The molecule has 0 radical (unpaired) electrons. The molecule has 1 aliphatic heterocycles. The van der Waals surface area contributed by atoms with Crippen LogP contribution in [0.2, 0.25) is 5.02 Å². The Morgan fingerprint density at radius 3 is 2.62 bits per heavy atom. The first-order chi connectivity index (χ1) is 15.2. The second kappa shape index (κ2) is 7.65. The van der Waals surface area contributed by atoms with Crippen LogP contribution in [0.15, 0.2) is 45.8 Å². The lowest BCUT2D eigenvalue weighted by molar-refractivity contribution is -0.119. The SMILES string of the molecule is N[C@H]1CS(=O)(=O)c2cc(F)c(-c3nc(C4CC4)no3)cc2N(Cc2ccc(Cl)cc2)C1=O. The predicted molar refractivity (Wildman–Crippen MR) is 114 cm³/mol. The maximum Gasteiger partial charge on any atom is 0.260 e. The Hall–Kier alpha value is -2.82. The highest BCUT2D eigenvalue weighted by Crippen LogP contribution is 2.40. The van der Waals surface area contributed by atoms with E-state index in [1.807, 2.05) is 0 Å². The van der Waals surface area contributed by atoms with E-state index in [-0.39, 0.29) is 34.5 Å². The minimum Gasteiger partial charge on any atom is -0.334 e. The summed E-state index contributed by atoms with van der Waals surface area (Å²) < 4.78 is 46.0. The van der Waals surface area contributed by atoms with Crippen LogP contribution in [0.1, 0.15) is 30.1 Å². The number of halogens is 2. The van der Waals surface area contributed by atoms with Crippen LogP contribution < -0.4 is 10.6 Å². The topological polar surface area (TPSA) is 119 Å². The molecule has 2 N–H and O–H groups in total. The Morgan fingerprint density at radius 1 is 1.22 bits per heavy atom. The number of rotatable bonds is 4. The van der Waals surface area contributed by atoms with Crippen LogP contribution in [0.4, 0.5) is 10.1 Å². The lowest BCUT2D eigenvalue weighted by Crippen LogP contribution is -2.45. The molecule has 32 heavy (non-hydrogen) atoms. The maximum absolute atomic E-state index is 15.0. The standard InChI is InChI=1S/C21H18ClFN4O4S/c22-13-5-1-11(2-6-13)9-27-17-7-14(20-25-19(26-31-20)12-3-4-12)15(23)8-18(17)32(29,30)10-16(24)21(27)28/h1-2,5-8,12,16H,3-4,9-10,24H2/t16-/m0/s1. The fourth-order valence-electron chi connectivity index (χ4n) is 3.67. The monoisotopic (exact) mass is 476 g/mol. The Kier molecular flexibility index (Phi) is 5.03. The van der Waals surface area contributed by atoms with Crippen LogP contribution in [0.25, 0.3) is 11.5 Å². The van der Waals surface area contributed by atoms with Gasteiger partial charge in [-0.2, -0.15) is 4.98 Å². The highest BCUT2D eigenvalue weighted by molar-refractivity contribution is 7.91. The number of fused-ring (bicyclic) bond motifs is 1. The summed E-state index contributed by atoms with van der Waals surface area (Å²) in [5.41, 5.74) is 6.53. The zero-order valence-electron chi connectivity index (χ0n) is 16.7. The minimum absolute atomic E-state index is 0.0143. The van der Waals surface area contributed by atoms with E-state index in [0.717, 1.165) is 18.9 Å². The van der Waals surface area contributed by atoms with E-state index in [2.05, 4.69) is 10.1 Å². The fourth-order valence-corrected chi connectivity index (χ4v) is 5.36. The number of sulfone groups is 1. The van der Waals surface area contributed by atoms with Crippen molar-refractivity contribution in [3.63, 3.8) is 0 Å². The Bertz CT molecular complexity index is 1320. The van der Waals surface area contributed by atoms with E-state index >= 15 is 4.39 Å². The molecule has 3 aromatic rings. The first-order valence-corrected chi connectivity index (χ1v) is 12.0. The van der Waals surface area contributed by atoms with Crippen LogP contribution in [0.3, 0.4) is 0 Å². The highest BCUT2D eigenvalue weighted by Gasteiger charge is 2.38. The average molecular weight is 477 g/mol. The molecule has 1 fully saturated rings. The van der Waals surface area contributed by atoms with Crippen molar-refractivity contribution in [1.29, 1.82) is 0 Å². The van der Waals surface area contributed by atoms with Crippen molar-refractivity contribution in [3.05, 3.63) is 58.6 Å². The van der Waals surface area contributed by atoms with E-state index in [9.17, 15) is 13.2 Å². The number of hydrogen-bond acceptors (Lipinski definition) is 7. The van der Waals surface area contributed by atoms with Crippen molar-refractivity contribution < 1.29 is 22.1 Å². The molecular formula is C21H18ClFN4O4S. The summed E-state index contributed by atoms with van der Waals surface area (Å²) >= 11 is 5.94. The summed E-state index contributed by atoms with van der Waals surface area (Å²) in [4.78, 5) is 18.3. The second-order valence-corrected chi connectivity index (χ2v) is 10.4. The molecule has 1 aliphatic carbocycles. The molecule has 2 aromatic carbocycles. The lowest BCUT2D eigenvalue weighted by Gasteiger charge is -2.24. The van der Waals surface area contributed by atoms with Crippen molar-refractivity contribution in [2.45, 2.75) is 36.2 Å². The number of carbonyl (C=O) groups is 1. The Labute approximate surface area is 188 Å². The quantitative estimate of drug-likeness (QED) is 0.614. The molecule has 2 heterocycles. The molecular weight excluding hydrogens is 459 g/mol. The molecule has 0 spiro atoms. The minimum atomic E-state index is -4.03. The van der Waals surface area contributed by atoms with Gasteiger partial charge in [-0.3, -0.25) is 4.79 Å². The molecule has 2 aliphatic rings. The van der Waals surface area contributed by atoms with Gasteiger partial charge in [-0.25, -0.2) is 12.8 Å². The molecule has 0 saturated heterocycles. The summed E-state index contributed by atoms with van der Waals surface area (Å²) in [6.07, 6.45) is 1.87. The second-order valence-electron chi connectivity index (χ2n) is 7.97. The number of amides is 1. The van der Waals surface area contributed by atoms with E-state index in [1.54, 1.807) is 24.3 Å². The van der Waals surface area contributed by atoms with E-state index in [0.29, 0.717) is 16.4 Å². The normalized spacial score (nSPS) is 20.2. The average Bonchev–Trinajstić information content (AvgIpc) is 3.50. The highest BCUT2D eigenvalue weighted by atomic mass is 35.5. The van der Waals surface area contributed by atoms with Gasteiger partial charge < -0.3 is 15.2 Å². The van der Waals surface area contributed by atoms with Gasteiger partial charge in [-0.1, -0.05) is 28.9 Å². The lowest BCUT2D eigenvalue weighted by atomic mass is 10.1. The number of carbonyl (C=O) groups excluding carboxylic acids is 1. The van der Waals surface area contributed by atoms with Gasteiger partial charge in [0.25, 0.3) is 5.89 Å². The first kappa shape index (κ1) is 21.0. The first-order valence-electron chi connectivity index (χ1n) is 9.94. The predicted octanol–water partition coefficient (Wildman–Crippen LogP) is 3.05. The van der Waals surface area contributed by atoms with Gasteiger partial charge in [0.1, 0.15) is 5.82 Å². The molecule has 0 bridgehead atoms. The van der Waals surface area contributed by atoms with E-state index in [1.165, 1.54) is 11.0 Å². The van der Waals surface area contributed by atoms with Crippen LogP contribution >= 0.6 is 11.6 Å². The van der Waals surface area contributed by atoms with Crippen molar-refractivity contribution in [2.75, 3.05) is 10.7 Å². The van der Waals surface area contributed by atoms with Gasteiger partial charge in [0, 0.05) is 10.9 Å². The Morgan fingerprint density at radius 2 is 1.94 bits per heavy atom. The number of aromatic nitrogens is 2. The van der Waals surface area contributed by atoms with Gasteiger partial charge >= 0.3 is 0 Å². The van der Waals surface area contributed by atoms with Gasteiger partial charge in [0.15, 0.2) is 15.7 Å². The zero-order chi connectivity index (χ0) is 22.6. The van der Waals surface area contributed by atoms with Crippen LogP contribution in [0.5, 0.6) is 0 Å². The molecule has 1 aromatic heterocycles. The van der Waals surface area contributed by atoms with Crippen molar-refractivity contribution in [3.8, 4) is 11.5 Å². The van der Waals surface area contributed by atoms with Gasteiger partial charge in [-0.15, -0.1) is 0 Å². The third-order valence-corrected chi connectivity index (χ3v) is 7.57. The summed E-state index contributed by atoms with van der Waals surface area (Å²) in [7, 11) is -4.03. The Balaban J connectivity index is 1.65. The molecule has 11 heteroatoms. The summed E-state index contributed by atoms with van der Waals surface area (Å²) in [6, 6.07) is 7.60. The smallest absolute Gasteiger partial charge is 0.260 e. The fraction of sp³-hybridized carbons (Fsp3) is 0.286. The van der Waals surface area contributed by atoms with Crippen LogP contribution in [-0.4, -0.2) is 36.3 Å². The molecule has 1 saturated carbocycles. The number of nitrogens with zero attached hydrogens (tertiary/aromatic N) is 3. The molecule has 0 unspecified atom stereocenters. The van der Waals surface area contributed by atoms with Crippen LogP contribution in [0, 0.1) is 5.82 Å². The number of nitrogens with two attached hydrogens (primary N) is 1. The van der Waals surface area contributed by atoms with Crippen molar-refractivity contribution >= 4 is 33.0 Å². The summed E-state index contributed by atoms with van der Waals surface area (Å²) in [5.74, 6) is -1.45. The third kappa shape index (κ3) is 3.78. The van der Waals surface area contributed by atoms with E-state index in [4.69, 9.17) is 21.9 Å². The largest absolute Gasteiger partial charge is 0.334 e. The molecule has 1 atom stereocenters. The van der Waals surface area contributed by atoms with Gasteiger partial charge in [0.05, 0.1) is 34.5 Å². The van der Waals surface area contributed by atoms with Crippen LogP contribution in [-0.2, 0) is 21.2 Å². The third-order valence-electron chi connectivity index (χ3n) is 5.53. The number of benzene rings is 2. The van der Waals surface area contributed by atoms with Crippen molar-refractivity contribution in [1.82, 2.24) is 10.1 Å². The van der Waals surface area contributed by atoms with Gasteiger partial charge in [-0.05, 0) is 42.7 Å². The summed E-state index contributed by atoms with van der Waals surface area (Å²) in [6.45, 7) is 0.0223. The molecule has 5 rings (SSSR count). The maximum atomic E-state index is 15.0. The molecule has 166 valence electrons. The number of hydrogen-bond donors (Lipinski definition) is 1. The molecule has 1 amide bonds. The number of anilines is 1. The molecule has 8 nitrogen and oxygen atoms in total. The van der Waals surface area contributed by atoms with Gasteiger partial charge in [0.2, 0.25) is 5.91 Å². The summed E-state index contributed by atoms with van der Waals surface area (Å²) in [5, 5.41) is 4.41. The van der Waals surface area contributed by atoms with Crippen molar-refractivity contribution in [2.24, 2.45) is 5.73 Å². The zero-order valence-corrected chi connectivity index (χ0v) is 18.2.